The molecule has 1 saturated heterocycles. The molecule has 0 radical (unpaired) electrons. The summed E-state index contributed by atoms with van der Waals surface area (Å²) in [7, 11) is 0. The van der Waals surface area contributed by atoms with E-state index in [9.17, 15) is 18.4 Å². The van der Waals surface area contributed by atoms with Gasteiger partial charge in [-0.25, -0.2) is 8.78 Å². The van der Waals surface area contributed by atoms with E-state index in [1.165, 1.54) is 0 Å². The van der Waals surface area contributed by atoms with Crippen molar-refractivity contribution in [2.75, 3.05) is 13.1 Å². The maximum absolute atomic E-state index is 13.4. The molecule has 0 spiro atoms. The van der Waals surface area contributed by atoms with Crippen LogP contribution in [-0.4, -0.2) is 41.8 Å². The average Bonchev–Trinajstić information content (AvgIpc) is 2.93. The molecule has 0 saturated carbocycles. The van der Waals surface area contributed by atoms with Crippen LogP contribution in [0.25, 0.3) is 10.8 Å². The fourth-order valence-electron chi connectivity index (χ4n) is 2.99. The van der Waals surface area contributed by atoms with Crippen LogP contribution in [0, 0.1) is 11.3 Å². The number of halogens is 3. The predicted octanol–water partition coefficient (Wildman–Crippen LogP) is 3.09. The number of carbonyl (C=O) groups is 2. The van der Waals surface area contributed by atoms with Crippen molar-refractivity contribution in [2.24, 2.45) is 0 Å². The van der Waals surface area contributed by atoms with Gasteiger partial charge in [-0.05, 0) is 29.0 Å². The second kappa shape index (κ2) is 7.00. The number of alkyl halides is 2. The largest absolute Gasteiger partial charge is 0.343 e. The van der Waals surface area contributed by atoms with Crippen LogP contribution in [0.15, 0.2) is 40.9 Å². The van der Waals surface area contributed by atoms with Gasteiger partial charge >= 0.3 is 0 Å². The van der Waals surface area contributed by atoms with Gasteiger partial charge < -0.3 is 10.2 Å². The standard InChI is InChI=1S/C18H14BrF2N3O2/c19-12-5-4-11-2-1-3-14(15(11)6-12)17(26)23-9-16(25)24-10-18(20,21)7-13(24)8-22/h1-6,13H,7,9-10H2,(H,23,26)/t13-/m0/s1. The highest BCUT2D eigenvalue weighted by molar-refractivity contribution is 9.10. The van der Waals surface area contributed by atoms with Crippen LogP contribution in [-0.2, 0) is 4.79 Å². The van der Waals surface area contributed by atoms with Gasteiger partial charge in [0.05, 0.1) is 19.2 Å². The molecule has 0 aromatic heterocycles. The predicted molar refractivity (Wildman–Crippen MR) is 94.7 cm³/mol. The Kier molecular flexibility index (Phi) is 4.92. The van der Waals surface area contributed by atoms with Crippen LogP contribution in [0.5, 0.6) is 0 Å². The molecule has 3 rings (SSSR count). The van der Waals surface area contributed by atoms with Gasteiger partial charge in [0, 0.05) is 16.5 Å². The number of carbonyl (C=O) groups excluding carboxylic acids is 2. The Morgan fingerprint density at radius 2 is 2.12 bits per heavy atom. The molecular weight excluding hydrogens is 408 g/mol. The highest BCUT2D eigenvalue weighted by Gasteiger charge is 2.47. The molecule has 0 bridgehead atoms. The van der Waals surface area contributed by atoms with Crippen molar-refractivity contribution in [1.82, 2.24) is 10.2 Å². The SMILES string of the molecule is N#C[C@@H]1CC(F)(F)CN1C(=O)CNC(=O)c1cccc2ccc(Br)cc12. The summed E-state index contributed by atoms with van der Waals surface area (Å²) in [6.07, 6.45) is -0.680. The number of nitrogens with one attached hydrogen (secondary N) is 1. The van der Waals surface area contributed by atoms with Gasteiger partial charge in [-0.2, -0.15) is 5.26 Å². The second-order valence-electron chi connectivity index (χ2n) is 6.08. The summed E-state index contributed by atoms with van der Waals surface area (Å²) in [6, 6.07) is 11.2. The Morgan fingerprint density at radius 3 is 2.85 bits per heavy atom. The smallest absolute Gasteiger partial charge is 0.268 e. The lowest BCUT2D eigenvalue weighted by Crippen LogP contribution is -2.43. The number of benzene rings is 2. The van der Waals surface area contributed by atoms with E-state index >= 15 is 0 Å². The Bertz CT molecular complexity index is 926. The van der Waals surface area contributed by atoms with E-state index in [4.69, 9.17) is 5.26 Å². The van der Waals surface area contributed by atoms with Crippen LogP contribution >= 0.6 is 15.9 Å². The molecule has 1 fully saturated rings. The topological polar surface area (TPSA) is 73.2 Å². The summed E-state index contributed by atoms with van der Waals surface area (Å²) >= 11 is 3.35. The summed E-state index contributed by atoms with van der Waals surface area (Å²) in [4.78, 5) is 25.5. The van der Waals surface area contributed by atoms with Gasteiger partial charge in [0.2, 0.25) is 5.91 Å². The summed E-state index contributed by atoms with van der Waals surface area (Å²) in [5.41, 5.74) is 0.375. The van der Waals surface area contributed by atoms with Gasteiger partial charge in [0.15, 0.2) is 0 Å². The third-order valence-electron chi connectivity index (χ3n) is 4.23. The Hall–Kier alpha value is -2.53. The van der Waals surface area contributed by atoms with Crippen LogP contribution in [0.1, 0.15) is 16.8 Å². The van der Waals surface area contributed by atoms with Gasteiger partial charge in [0.1, 0.15) is 6.04 Å². The Labute approximate surface area is 156 Å². The number of amides is 2. The van der Waals surface area contributed by atoms with E-state index in [-0.39, 0.29) is 0 Å². The summed E-state index contributed by atoms with van der Waals surface area (Å²) in [5.74, 6) is -4.27. The third kappa shape index (κ3) is 3.68. The molecule has 1 aliphatic rings. The summed E-state index contributed by atoms with van der Waals surface area (Å²) in [6.45, 7) is -1.25. The number of nitrogens with zero attached hydrogens (tertiary/aromatic N) is 2. The summed E-state index contributed by atoms with van der Waals surface area (Å²) in [5, 5.41) is 13.0. The van der Waals surface area contributed by atoms with Crippen molar-refractivity contribution in [3.63, 3.8) is 0 Å². The van der Waals surface area contributed by atoms with E-state index in [0.29, 0.717) is 10.9 Å². The normalized spacial score (nSPS) is 18.5. The lowest BCUT2D eigenvalue weighted by molar-refractivity contribution is -0.131. The molecule has 1 heterocycles. The first-order chi connectivity index (χ1) is 12.3. The van der Waals surface area contributed by atoms with Gasteiger partial charge in [-0.15, -0.1) is 0 Å². The molecule has 8 heteroatoms. The summed E-state index contributed by atoms with van der Waals surface area (Å²) < 4.78 is 27.7. The molecule has 2 aromatic rings. The molecule has 1 atom stereocenters. The number of hydrogen-bond donors (Lipinski definition) is 1. The van der Waals surface area contributed by atoms with Crippen LogP contribution < -0.4 is 5.32 Å². The van der Waals surface area contributed by atoms with Crippen molar-refractivity contribution in [1.29, 1.82) is 5.26 Å². The van der Waals surface area contributed by atoms with Crippen molar-refractivity contribution in [3.05, 3.63) is 46.4 Å². The van der Waals surface area contributed by atoms with Gasteiger partial charge in [-0.3, -0.25) is 9.59 Å². The molecule has 26 heavy (non-hydrogen) atoms. The molecule has 1 aliphatic heterocycles. The number of likely N-dealkylation sites (tertiary alicyclic amines) is 1. The molecule has 2 amide bonds. The monoisotopic (exact) mass is 421 g/mol. The van der Waals surface area contributed by atoms with Crippen LogP contribution in [0.3, 0.4) is 0 Å². The first kappa shape index (κ1) is 18.3. The maximum atomic E-state index is 13.4. The van der Waals surface area contributed by atoms with Gasteiger partial charge in [0.25, 0.3) is 11.8 Å². The highest BCUT2D eigenvalue weighted by atomic mass is 79.9. The Morgan fingerprint density at radius 1 is 1.35 bits per heavy atom. The minimum absolute atomic E-state index is 0.375. The molecule has 0 aliphatic carbocycles. The molecule has 2 aromatic carbocycles. The van der Waals surface area contributed by atoms with E-state index in [1.807, 2.05) is 18.2 Å². The quantitative estimate of drug-likeness (QED) is 0.827. The first-order valence-corrected chi connectivity index (χ1v) is 8.63. The highest BCUT2D eigenvalue weighted by Crippen LogP contribution is 2.31. The lowest BCUT2D eigenvalue weighted by Gasteiger charge is -2.19. The Balaban J connectivity index is 1.73. The average molecular weight is 422 g/mol. The fraction of sp³-hybridized carbons (Fsp3) is 0.278. The van der Waals surface area contributed by atoms with Crippen molar-refractivity contribution < 1.29 is 18.4 Å². The molecule has 0 unspecified atom stereocenters. The van der Waals surface area contributed by atoms with E-state index < -0.39 is 43.3 Å². The minimum Gasteiger partial charge on any atom is -0.343 e. The number of fused-ring (bicyclic) bond motifs is 1. The minimum atomic E-state index is -3.08. The zero-order chi connectivity index (χ0) is 18.9. The molecule has 134 valence electrons. The fourth-order valence-corrected chi connectivity index (χ4v) is 3.35. The van der Waals surface area contributed by atoms with Crippen molar-refractivity contribution in [3.8, 4) is 6.07 Å². The van der Waals surface area contributed by atoms with E-state index in [0.717, 1.165) is 14.8 Å². The van der Waals surface area contributed by atoms with E-state index in [1.54, 1.807) is 24.3 Å². The first-order valence-electron chi connectivity index (χ1n) is 7.84. The zero-order valence-corrected chi connectivity index (χ0v) is 15.1. The number of nitriles is 1. The van der Waals surface area contributed by atoms with Crippen LogP contribution in [0.4, 0.5) is 8.78 Å². The van der Waals surface area contributed by atoms with E-state index in [2.05, 4.69) is 21.2 Å². The van der Waals surface area contributed by atoms with Crippen LogP contribution in [0.2, 0.25) is 0 Å². The van der Waals surface area contributed by atoms with Gasteiger partial charge in [-0.1, -0.05) is 34.1 Å². The van der Waals surface area contributed by atoms with Crippen molar-refractivity contribution in [2.45, 2.75) is 18.4 Å². The van der Waals surface area contributed by atoms with Crippen molar-refractivity contribution >= 4 is 38.5 Å². The lowest BCUT2D eigenvalue weighted by atomic mass is 10.0. The molecule has 1 N–H and O–H groups in total. The number of rotatable bonds is 3. The number of hydrogen-bond acceptors (Lipinski definition) is 3. The third-order valence-corrected chi connectivity index (χ3v) is 4.72. The molecular formula is C18H14BrF2N3O2. The second-order valence-corrected chi connectivity index (χ2v) is 7.00. The molecule has 5 nitrogen and oxygen atoms in total. The maximum Gasteiger partial charge on any atom is 0.268 e. The zero-order valence-electron chi connectivity index (χ0n) is 13.5.